The average Bonchev–Trinajstić information content (AvgIpc) is 2.43. The third-order valence-corrected chi connectivity index (χ3v) is 4.39. The summed E-state index contributed by atoms with van der Waals surface area (Å²) in [6.45, 7) is 4.60. The quantitative estimate of drug-likeness (QED) is 0.707. The van der Waals surface area contributed by atoms with Crippen LogP contribution in [0.1, 0.15) is 12.5 Å². The van der Waals surface area contributed by atoms with Gasteiger partial charge in [-0.25, -0.2) is 0 Å². The van der Waals surface area contributed by atoms with Crippen molar-refractivity contribution in [2.45, 2.75) is 19.5 Å². The van der Waals surface area contributed by atoms with E-state index in [1.54, 1.807) is 7.11 Å². The van der Waals surface area contributed by atoms with Crippen LogP contribution < -0.4 is 10.2 Å². The highest BCUT2D eigenvalue weighted by Gasteiger charge is 2.12. The Morgan fingerprint density at radius 1 is 1.45 bits per heavy atom. The number of anilines is 1. The molecule has 1 aromatic rings. The van der Waals surface area contributed by atoms with E-state index in [1.165, 1.54) is 5.56 Å². The van der Waals surface area contributed by atoms with Crippen molar-refractivity contribution in [2.24, 2.45) is 0 Å². The molecule has 0 aromatic heterocycles. The number of benzene rings is 1. The number of halogens is 1. The Bertz CT molecular complexity index is 403. The van der Waals surface area contributed by atoms with Crippen LogP contribution >= 0.6 is 23.4 Å². The number of thioether (sulfide) groups is 1. The maximum absolute atomic E-state index is 6.41. The summed E-state index contributed by atoms with van der Waals surface area (Å²) in [4.78, 5) is 2.24. The number of hydrogen-bond acceptors (Lipinski definition) is 4. The second-order valence-corrected chi connectivity index (χ2v) is 6.19. The molecule has 0 heterocycles. The highest BCUT2D eigenvalue weighted by atomic mass is 35.5. The topological polar surface area (TPSA) is 24.5 Å². The SMILES string of the molecule is COCCNCc1ccc(N(C)C(C)CSC)c(Cl)c1. The zero-order chi connectivity index (χ0) is 15.0. The van der Waals surface area contributed by atoms with E-state index in [4.69, 9.17) is 16.3 Å². The van der Waals surface area contributed by atoms with Crippen LogP contribution in [0.4, 0.5) is 5.69 Å². The zero-order valence-electron chi connectivity index (χ0n) is 12.8. The maximum atomic E-state index is 6.41. The van der Waals surface area contributed by atoms with Crippen molar-refractivity contribution in [1.29, 1.82) is 0 Å². The molecule has 3 nitrogen and oxygen atoms in total. The molecule has 114 valence electrons. The molecular formula is C15H25ClN2OS. The second-order valence-electron chi connectivity index (χ2n) is 4.87. The predicted octanol–water partition coefficient (Wildman–Crippen LogP) is 3.26. The standard InChI is InChI=1S/C15H25ClN2OS/c1-12(11-20-4)18(2)15-6-5-13(9-14(15)16)10-17-7-8-19-3/h5-6,9,12,17H,7-8,10-11H2,1-4H3. The molecule has 0 aliphatic carbocycles. The van der Waals surface area contributed by atoms with Gasteiger partial charge in [-0.05, 0) is 30.9 Å². The minimum Gasteiger partial charge on any atom is -0.383 e. The van der Waals surface area contributed by atoms with E-state index in [0.29, 0.717) is 6.04 Å². The van der Waals surface area contributed by atoms with Crippen molar-refractivity contribution < 1.29 is 4.74 Å². The molecule has 1 unspecified atom stereocenters. The molecule has 0 spiro atoms. The van der Waals surface area contributed by atoms with E-state index in [-0.39, 0.29) is 0 Å². The summed E-state index contributed by atoms with van der Waals surface area (Å²) in [5.74, 6) is 1.09. The third kappa shape index (κ3) is 5.52. The summed E-state index contributed by atoms with van der Waals surface area (Å²) in [6.07, 6.45) is 2.13. The summed E-state index contributed by atoms with van der Waals surface area (Å²) in [5.41, 5.74) is 2.29. The Hall–Kier alpha value is -0.420. The minimum atomic E-state index is 0.466. The number of rotatable bonds is 9. The fraction of sp³-hybridized carbons (Fsp3) is 0.600. The summed E-state index contributed by atoms with van der Waals surface area (Å²) in [5, 5.41) is 4.13. The van der Waals surface area contributed by atoms with Crippen LogP contribution in [0.25, 0.3) is 0 Å². The van der Waals surface area contributed by atoms with Gasteiger partial charge in [0.2, 0.25) is 0 Å². The number of methoxy groups -OCH3 is 1. The Balaban J connectivity index is 2.63. The minimum absolute atomic E-state index is 0.466. The lowest BCUT2D eigenvalue weighted by Crippen LogP contribution is -2.31. The first kappa shape index (κ1) is 17.6. The van der Waals surface area contributed by atoms with Gasteiger partial charge in [0.25, 0.3) is 0 Å². The van der Waals surface area contributed by atoms with Crippen LogP contribution in [0, 0.1) is 0 Å². The molecule has 0 aliphatic heterocycles. The molecule has 0 radical (unpaired) electrons. The summed E-state index contributed by atoms with van der Waals surface area (Å²) in [7, 11) is 3.80. The van der Waals surface area contributed by atoms with Crippen molar-refractivity contribution in [3.05, 3.63) is 28.8 Å². The zero-order valence-corrected chi connectivity index (χ0v) is 14.4. The molecule has 0 saturated heterocycles. The van der Waals surface area contributed by atoms with Gasteiger partial charge < -0.3 is 15.0 Å². The number of ether oxygens (including phenoxy) is 1. The smallest absolute Gasteiger partial charge is 0.0642 e. The van der Waals surface area contributed by atoms with E-state index in [0.717, 1.165) is 36.2 Å². The molecule has 20 heavy (non-hydrogen) atoms. The fourth-order valence-electron chi connectivity index (χ4n) is 1.94. The number of hydrogen-bond donors (Lipinski definition) is 1. The van der Waals surface area contributed by atoms with Crippen LogP contribution in [0.2, 0.25) is 5.02 Å². The van der Waals surface area contributed by atoms with Gasteiger partial charge in [0.1, 0.15) is 0 Å². The van der Waals surface area contributed by atoms with Crippen LogP contribution in [0.5, 0.6) is 0 Å². The van der Waals surface area contributed by atoms with Crippen molar-refractivity contribution in [1.82, 2.24) is 5.32 Å². The Labute approximate surface area is 132 Å². The lowest BCUT2D eigenvalue weighted by atomic mass is 10.1. The van der Waals surface area contributed by atoms with Gasteiger partial charge >= 0.3 is 0 Å². The van der Waals surface area contributed by atoms with Gasteiger partial charge in [0, 0.05) is 39.0 Å². The molecule has 0 amide bonds. The van der Waals surface area contributed by atoms with Crippen molar-refractivity contribution in [3.63, 3.8) is 0 Å². The highest BCUT2D eigenvalue weighted by molar-refractivity contribution is 7.98. The normalized spacial score (nSPS) is 12.4. The molecule has 5 heteroatoms. The fourth-order valence-corrected chi connectivity index (χ4v) is 2.99. The van der Waals surface area contributed by atoms with E-state index >= 15 is 0 Å². The predicted molar refractivity (Wildman–Crippen MR) is 91.3 cm³/mol. The molecule has 1 rings (SSSR count). The van der Waals surface area contributed by atoms with E-state index in [2.05, 4.69) is 42.6 Å². The molecule has 0 bridgehead atoms. The Morgan fingerprint density at radius 3 is 2.80 bits per heavy atom. The van der Waals surface area contributed by atoms with E-state index < -0.39 is 0 Å². The second kappa shape index (κ2) is 9.50. The summed E-state index contributed by atoms with van der Waals surface area (Å²) in [6, 6.07) is 6.74. The molecule has 0 fully saturated rings. The van der Waals surface area contributed by atoms with Gasteiger partial charge in [-0.2, -0.15) is 11.8 Å². The van der Waals surface area contributed by atoms with Gasteiger partial charge in [-0.3, -0.25) is 0 Å². The van der Waals surface area contributed by atoms with Crippen LogP contribution in [0.15, 0.2) is 18.2 Å². The van der Waals surface area contributed by atoms with Crippen LogP contribution in [0.3, 0.4) is 0 Å². The molecule has 1 N–H and O–H groups in total. The lowest BCUT2D eigenvalue weighted by Gasteiger charge is -2.27. The van der Waals surface area contributed by atoms with Gasteiger partial charge in [-0.1, -0.05) is 17.7 Å². The summed E-state index contributed by atoms with van der Waals surface area (Å²) < 4.78 is 5.01. The van der Waals surface area contributed by atoms with Crippen molar-refractivity contribution in [2.75, 3.05) is 44.2 Å². The highest BCUT2D eigenvalue weighted by Crippen LogP contribution is 2.28. The summed E-state index contributed by atoms with van der Waals surface area (Å²) >= 11 is 8.26. The average molecular weight is 317 g/mol. The van der Waals surface area contributed by atoms with Crippen molar-refractivity contribution in [3.8, 4) is 0 Å². The van der Waals surface area contributed by atoms with Crippen LogP contribution in [-0.4, -0.2) is 45.4 Å². The first-order valence-corrected chi connectivity index (χ1v) is 8.57. The molecule has 0 aliphatic rings. The first-order valence-electron chi connectivity index (χ1n) is 6.80. The van der Waals surface area contributed by atoms with E-state index in [9.17, 15) is 0 Å². The molecule has 0 saturated carbocycles. The first-order chi connectivity index (χ1) is 9.60. The Kier molecular flexibility index (Phi) is 8.38. The van der Waals surface area contributed by atoms with Gasteiger partial charge in [0.15, 0.2) is 0 Å². The van der Waals surface area contributed by atoms with Gasteiger partial charge in [-0.15, -0.1) is 0 Å². The molecule has 1 atom stereocenters. The lowest BCUT2D eigenvalue weighted by molar-refractivity contribution is 0.199. The molecule has 1 aromatic carbocycles. The van der Waals surface area contributed by atoms with Crippen molar-refractivity contribution >= 4 is 29.1 Å². The maximum Gasteiger partial charge on any atom is 0.0642 e. The largest absolute Gasteiger partial charge is 0.383 e. The van der Waals surface area contributed by atoms with Crippen LogP contribution in [-0.2, 0) is 11.3 Å². The molecular weight excluding hydrogens is 292 g/mol. The third-order valence-electron chi connectivity index (χ3n) is 3.27. The Morgan fingerprint density at radius 2 is 2.20 bits per heavy atom. The van der Waals surface area contributed by atoms with Gasteiger partial charge in [0.05, 0.1) is 17.3 Å². The number of nitrogens with one attached hydrogen (secondary N) is 1. The van der Waals surface area contributed by atoms with E-state index in [1.807, 2.05) is 17.8 Å². The monoisotopic (exact) mass is 316 g/mol. The number of nitrogens with zero attached hydrogens (tertiary/aromatic N) is 1.